The van der Waals surface area contributed by atoms with E-state index in [0.717, 1.165) is 39.3 Å². The van der Waals surface area contributed by atoms with Crippen LogP contribution in [0.1, 0.15) is 0 Å². The number of nitrogens with one attached hydrogen (secondary N) is 4. The fourth-order valence-corrected chi connectivity index (χ4v) is 1.39. The molecular formula is C9H22N4O. The van der Waals surface area contributed by atoms with Gasteiger partial charge in [-0.15, -0.1) is 0 Å². The lowest BCUT2D eigenvalue weighted by atomic mass is 10.3. The highest BCUT2D eigenvalue weighted by atomic mass is 16.3. The molecule has 84 valence electrons. The van der Waals surface area contributed by atoms with Crippen LogP contribution in [0.15, 0.2) is 0 Å². The standard InChI is InChI=1S/C9H22N4O/c14-9-7-12-5-3-10-1-2-11-4-6-13-8-9/h9-14H,1-8H2. The zero-order valence-electron chi connectivity index (χ0n) is 8.68. The van der Waals surface area contributed by atoms with E-state index < -0.39 is 0 Å². The summed E-state index contributed by atoms with van der Waals surface area (Å²) in [6, 6.07) is 0. The molecule has 1 rings (SSSR count). The van der Waals surface area contributed by atoms with Crippen molar-refractivity contribution in [2.24, 2.45) is 0 Å². The number of aliphatic hydroxyl groups is 1. The number of hydrogen-bond donors (Lipinski definition) is 5. The molecule has 0 aromatic heterocycles. The molecule has 1 heterocycles. The third kappa shape index (κ3) is 6.28. The summed E-state index contributed by atoms with van der Waals surface area (Å²) in [6.45, 7) is 7.09. The maximum absolute atomic E-state index is 9.50. The Morgan fingerprint density at radius 2 is 1.00 bits per heavy atom. The quantitative estimate of drug-likeness (QED) is 0.306. The average Bonchev–Trinajstić information content (AvgIpc) is 2.20. The minimum atomic E-state index is -0.282. The van der Waals surface area contributed by atoms with Gasteiger partial charge >= 0.3 is 0 Å². The van der Waals surface area contributed by atoms with Crippen molar-refractivity contribution in [2.75, 3.05) is 52.4 Å². The molecule has 0 radical (unpaired) electrons. The Morgan fingerprint density at radius 3 is 1.43 bits per heavy atom. The van der Waals surface area contributed by atoms with Crippen molar-refractivity contribution in [1.82, 2.24) is 21.3 Å². The molecule has 0 aromatic carbocycles. The van der Waals surface area contributed by atoms with E-state index in [1.165, 1.54) is 0 Å². The molecule has 0 spiro atoms. The molecule has 5 N–H and O–H groups in total. The fraction of sp³-hybridized carbons (Fsp3) is 1.00. The molecule has 0 unspecified atom stereocenters. The zero-order chi connectivity index (χ0) is 10.1. The molecule has 0 amide bonds. The molecule has 0 atom stereocenters. The molecule has 5 heteroatoms. The van der Waals surface area contributed by atoms with Crippen LogP contribution in [0.2, 0.25) is 0 Å². The third-order valence-corrected chi connectivity index (χ3v) is 2.20. The lowest BCUT2D eigenvalue weighted by Gasteiger charge is -2.12. The monoisotopic (exact) mass is 202 g/mol. The largest absolute Gasteiger partial charge is 0.390 e. The fourth-order valence-electron chi connectivity index (χ4n) is 1.39. The maximum atomic E-state index is 9.50. The lowest BCUT2D eigenvalue weighted by Crippen LogP contribution is -2.38. The zero-order valence-corrected chi connectivity index (χ0v) is 8.68. The van der Waals surface area contributed by atoms with E-state index in [0.29, 0.717) is 13.1 Å². The van der Waals surface area contributed by atoms with Crippen molar-refractivity contribution in [3.63, 3.8) is 0 Å². The normalized spacial score (nSPS) is 24.6. The first-order valence-electron chi connectivity index (χ1n) is 5.40. The van der Waals surface area contributed by atoms with Crippen molar-refractivity contribution < 1.29 is 5.11 Å². The van der Waals surface area contributed by atoms with E-state index in [9.17, 15) is 5.11 Å². The Balaban J connectivity index is 2.12. The second-order valence-corrected chi connectivity index (χ2v) is 3.56. The van der Waals surface area contributed by atoms with Gasteiger partial charge in [-0.3, -0.25) is 0 Å². The summed E-state index contributed by atoms with van der Waals surface area (Å²) in [6.07, 6.45) is -0.282. The smallest absolute Gasteiger partial charge is 0.0788 e. The Kier molecular flexibility index (Phi) is 6.90. The maximum Gasteiger partial charge on any atom is 0.0788 e. The number of rotatable bonds is 0. The van der Waals surface area contributed by atoms with Gasteiger partial charge in [0.2, 0.25) is 0 Å². The second kappa shape index (κ2) is 8.14. The molecule has 5 nitrogen and oxygen atoms in total. The van der Waals surface area contributed by atoms with Gasteiger partial charge in [0.15, 0.2) is 0 Å². The van der Waals surface area contributed by atoms with Gasteiger partial charge in [0.25, 0.3) is 0 Å². The Hall–Kier alpha value is -0.200. The van der Waals surface area contributed by atoms with Gasteiger partial charge < -0.3 is 26.4 Å². The molecule has 0 aliphatic carbocycles. The molecule has 1 aliphatic heterocycles. The predicted molar refractivity (Wildman–Crippen MR) is 57.5 cm³/mol. The molecular weight excluding hydrogens is 180 g/mol. The van der Waals surface area contributed by atoms with Crippen molar-refractivity contribution in [1.29, 1.82) is 0 Å². The van der Waals surface area contributed by atoms with Crippen LogP contribution in [-0.4, -0.2) is 63.6 Å². The van der Waals surface area contributed by atoms with Crippen LogP contribution in [0.5, 0.6) is 0 Å². The highest BCUT2D eigenvalue weighted by Crippen LogP contribution is 1.77. The van der Waals surface area contributed by atoms with Gasteiger partial charge in [0, 0.05) is 52.4 Å². The molecule has 1 fully saturated rings. The molecule has 14 heavy (non-hydrogen) atoms. The molecule has 0 bridgehead atoms. The topological polar surface area (TPSA) is 68.3 Å². The third-order valence-electron chi connectivity index (χ3n) is 2.20. The van der Waals surface area contributed by atoms with E-state index in [4.69, 9.17) is 0 Å². The lowest BCUT2D eigenvalue weighted by molar-refractivity contribution is 0.169. The highest BCUT2D eigenvalue weighted by molar-refractivity contribution is 4.65. The van der Waals surface area contributed by atoms with E-state index in [2.05, 4.69) is 21.3 Å². The number of β-amino-alcohol motifs (C(OH)–C–C–N with tert-alkyl or cyclic N) is 1. The van der Waals surface area contributed by atoms with Crippen LogP contribution in [0.4, 0.5) is 0 Å². The second-order valence-electron chi connectivity index (χ2n) is 3.56. The summed E-state index contributed by atoms with van der Waals surface area (Å²) < 4.78 is 0. The van der Waals surface area contributed by atoms with Gasteiger partial charge in [-0.2, -0.15) is 0 Å². The Labute approximate surface area is 85.6 Å². The summed E-state index contributed by atoms with van der Waals surface area (Å²) in [5.74, 6) is 0. The van der Waals surface area contributed by atoms with Gasteiger partial charge in [-0.1, -0.05) is 0 Å². The Bertz CT molecular complexity index is 120. The van der Waals surface area contributed by atoms with Crippen LogP contribution in [0, 0.1) is 0 Å². The predicted octanol–water partition coefficient (Wildman–Crippen LogP) is -2.28. The first-order chi connectivity index (χ1) is 6.89. The van der Waals surface area contributed by atoms with Crippen LogP contribution < -0.4 is 21.3 Å². The van der Waals surface area contributed by atoms with Crippen LogP contribution in [0.3, 0.4) is 0 Å². The molecule has 1 saturated heterocycles. The van der Waals surface area contributed by atoms with E-state index in [-0.39, 0.29) is 6.10 Å². The van der Waals surface area contributed by atoms with Crippen LogP contribution in [0.25, 0.3) is 0 Å². The van der Waals surface area contributed by atoms with Crippen molar-refractivity contribution in [2.45, 2.75) is 6.10 Å². The minimum Gasteiger partial charge on any atom is -0.390 e. The van der Waals surface area contributed by atoms with Gasteiger partial charge in [0.05, 0.1) is 6.10 Å². The molecule has 0 aromatic rings. The highest BCUT2D eigenvalue weighted by Gasteiger charge is 2.02. The van der Waals surface area contributed by atoms with Gasteiger partial charge in [-0.25, -0.2) is 0 Å². The summed E-state index contributed by atoms with van der Waals surface area (Å²) in [7, 11) is 0. The SMILES string of the molecule is OC1CNCCNCCNCCNC1. The first kappa shape index (κ1) is 11.9. The summed E-state index contributed by atoms with van der Waals surface area (Å²) >= 11 is 0. The van der Waals surface area contributed by atoms with Gasteiger partial charge in [0.1, 0.15) is 0 Å². The minimum absolute atomic E-state index is 0.282. The van der Waals surface area contributed by atoms with Crippen molar-refractivity contribution in [3.8, 4) is 0 Å². The van der Waals surface area contributed by atoms with Gasteiger partial charge in [-0.05, 0) is 0 Å². The molecule has 1 aliphatic rings. The summed E-state index contributed by atoms with van der Waals surface area (Å²) in [5, 5.41) is 22.5. The average molecular weight is 202 g/mol. The molecule has 0 saturated carbocycles. The number of hydrogen-bond acceptors (Lipinski definition) is 5. The summed E-state index contributed by atoms with van der Waals surface area (Å²) in [5.41, 5.74) is 0. The van der Waals surface area contributed by atoms with E-state index >= 15 is 0 Å². The number of aliphatic hydroxyl groups excluding tert-OH is 1. The van der Waals surface area contributed by atoms with Crippen molar-refractivity contribution >= 4 is 0 Å². The van der Waals surface area contributed by atoms with Crippen LogP contribution in [-0.2, 0) is 0 Å². The van der Waals surface area contributed by atoms with E-state index in [1.54, 1.807) is 0 Å². The first-order valence-corrected chi connectivity index (χ1v) is 5.40. The Morgan fingerprint density at radius 1 is 0.643 bits per heavy atom. The van der Waals surface area contributed by atoms with Crippen LogP contribution >= 0.6 is 0 Å². The van der Waals surface area contributed by atoms with E-state index in [1.807, 2.05) is 0 Å². The van der Waals surface area contributed by atoms with Crippen molar-refractivity contribution in [3.05, 3.63) is 0 Å². The summed E-state index contributed by atoms with van der Waals surface area (Å²) in [4.78, 5) is 0.